The Morgan fingerprint density at radius 2 is 1.88 bits per heavy atom. The molecule has 0 saturated carbocycles. The van der Waals surface area contributed by atoms with E-state index >= 15 is 0 Å². The summed E-state index contributed by atoms with van der Waals surface area (Å²) in [5.74, 6) is 0.805. The minimum atomic E-state index is 0.341. The molecule has 0 aliphatic carbocycles. The van der Waals surface area contributed by atoms with E-state index < -0.39 is 0 Å². The van der Waals surface area contributed by atoms with E-state index in [-0.39, 0.29) is 0 Å². The van der Waals surface area contributed by atoms with Crippen LogP contribution in [0, 0.1) is 12.3 Å². The van der Waals surface area contributed by atoms with Crippen LogP contribution in [0.3, 0.4) is 0 Å². The van der Waals surface area contributed by atoms with E-state index in [1.165, 1.54) is 24.0 Å². The van der Waals surface area contributed by atoms with Gasteiger partial charge in [0.2, 0.25) is 0 Å². The number of nitrogens with one attached hydrogen (secondary N) is 1. The van der Waals surface area contributed by atoms with E-state index in [1.54, 1.807) is 0 Å². The molecule has 0 spiro atoms. The van der Waals surface area contributed by atoms with Crippen LogP contribution in [0.4, 0.5) is 0 Å². The molecular formula is C14H20N2. The number of hydrogen-bond acceptors (Lipinski definition) is 1. The summed E-state index contributed by atoms with van der Waals surface area (Å²) in [5.41, 5.74) is 2.61. The van der Waals surface area contributed by atoms with Crippen LogP contribution in [0.1, 0.15) is 43.4 Å². The summed E-state index contributed by atoms with van der Waals surface area (Å²) in [4.78, 5) is 2.23. The zero-order valence-electron chi connectivity index (χ0n) is 10.2. The van der Waals surface area contributed by atoms with Gasteiger partial charge in [-0.3, -0.25) is 5.41 Å². The maximum Gasteiger partial charge on any atom is 0.0962 e. The third-order valence-corrected chi connectivity index (χ3v) is 3.44. The highest BCUT2D eigenvalue weighted by Gasteiger charge is 2.21. The number of rotatable bonds is 2. The van der Waals surface area contributed by atoms with E-state index in [4.69, 9.17) is 5.41 Å². The maximum absolute atomic E-state index is 7.99. The van der Waals surface area contributed by atoms with Crippen LogP contribution in [-0.4, -0.2) is 17.3 Å². The topological polar surface area (TPSA) is 27.1 Å². The number of likely N-dealkylation sites (tertiary alicyclic amines) is 1. The average Bonchev–Trinajstić information content (AvgIpc) is 2.30. The fourth-order valence-electron chi connectivity index (χ4n) is 2.31. The van der Waals surface area contributed by atoms with Crippen LogP contribution in [-0.2, 0) is 0 Å². The lowest BCUT2D eigenvalue weighted by atomic mass is 10.0. The Hall–Kier alpha value is -1.31. The summed E-state index contributed by atoms with van der Waals surface area (Å²) in [5, 5.41) is 7.99. The Balaban J connectivity index is 2.14. The molecule has 1 atom stereocenters. The number of amidine groups is 1. The van der Waals surface area contributed by atoms with Crippen molar-refractivity contribution >= 4 is 5.84 Å². The molecule has 1 unspecified atom stereocenters. The van der Waals surface area contributed by atoms with Crippen LogP contribution >= 0.6 is 0 Å². The second-order valence-corrected chi connectivity index (χ2v) is 4.68. The molecule has 1 fully saturated rings. The minimum Gasteiger partial charge on any atom is -0.354 e. The molecule has 0 bridgehead atoms. The van der Waals surface area contributed by atoms with Gasteiger partial charge in [-0.25, -0.2) is 0 Å². The van der Waals surface area contributed by atoms with Crippen LogP contribution in [0.25, 0.3) is 0 Å². The predicted molar refractivity (Wildman–Crippen MR) is 67.9 cm³/mol. The number of piperidine rings is 1. The third-order valence-electron chi connectivity index (χ3n) is 3.44. The molecule has 2 heteroatoms. The molecule has 86 valence electrons. The zero-order valence-corrected chi connectivity index (χ0v) is 10.2. The van der Waals surface area contributed by atoms with Gasteiger partial charge in [-0.2, -0.15) is 0 Å². The predicted octanol–water partition coefficient (Wildman–Crippen LogP) is 3.52. The molecule has 1 aromatic rings. The fraction of sp³-hybridized carbons (Fsp3) is 0.500. The lowest BCUT2D eigenvalue weighted by Crippen LogP contribution is -2.36. The highest BCUT2D eigenvalue weighted by Crippen LogP contribution is 2.25. The highest BCUT2D eigenvalue weighted by atomic mass is 15.2. The zero-order chi connectivity index (χ0) is 11.5. The number of benzene rings is 1. The van der Waals surface area contributed by atoms with Crippen molar-refractivity contribution in [1.82, 2.24) is 4.90 Å². The van der Waals surface area contributed by atoms with E-state index in [0.717, 1.165) is 18.8 Å². The van der Waals surface area contributed by atoms with Gasteiger partial charge in [0, 0.05) is 13.0 Å². The van der Waals surface area contributed by atoms with E-state index in [1.807, 2.05) is 0 Å². The first kappa shape index (κ1) is 11.2. The van der Waals surface area contributed by atoms with Crippen LogP contribution in [0.5, 0.6) is 0 Å². The summed E-state index contributed by atoms with van der Waals surface area (Å²) >= 11 is 0. The molecule has 1 aliphatic heterocycles. The molecule has 1 N–H and O–H groups in total. The molecule has 1 aromatic carbocycles. The molecule has 0 radical (unpaired) electrons. The standard InChI is InChI=1S/C14H20N2/c1-11-6-8-13(9-7-11)12(2)16-10-4-3-5-14(16)15/h6-9,12,15H,3-5,10H2,1-2H3. The molecular weight excluding hydrogens is 196 g/mol. The van der Waals surface area contributed by atoms with Crippen molar-refractivity contribution in [3.05, 3.63) is 35.4 Å². The van der Waals surface area contributed by atoms with Gasteiger partial charge in [0.25, 0.3) is 0 Å². The van der Waals surface area contributed by atoms with Crippen molar-refractivity contribution in [3.8, 4) is 0 Å². The van der Waals surface area contributed by atoms with Crippen molar-refractivity contribution in [3.63, 3.8) is 0 Å². The number of nitrogens with zero attached hydrogens (tertiary/aromatic N) is 1. The summed E-state index contributed by atoms with van der Waals surface area (Å²) in [7, 11) is 0. The quantitative estimate of drug-likeness (QED) is 0.804. The van der Waals surface area contributed by atoms with E-state index in [0.29, 0.717) is 6.04 Å². The van der Waals surface area contributed by atoms with Crippen molar-refractivity contribution in [2.45, 2.75) is 39.2 Å². The van der Waals surface area contributed by atoms with Crippen LogP contribution < -0.4 is 0 Å². The summed E-state index contributed by atoms with van der Waals surface area (Å²) in [6.07, 6.45) is 3.34. The van der Waals surface area contributed by atoms with Gasteiger partial charge in [0.15, 0.2) is 0 Å². The molecule has 0 amide bonds. The van der Waals surface area contributed by atoms with E-state index in [9.17, 15) is 0 Å². The van der Waals surface area contributed by atoms with Crippen molar-refractivity contribution < 1.29 is 0 Å². The molecule has 1 heterocycles. The van der Waals surface area contributed by atoms with Gasteiger partial charge < -0.3 is 4.90 Å². The molecule has 16 heavy (non-hydrogen) atoms. The fourth-order valence-corrected chi connectivity index (χ4v) is 2.31. The van der Waals surface area contributed by atoms with Gasteiger partial charge in [0.1, 0.15) is 0 Å². The Morgan fingerprint density at radius 1 is 1.19 bits per heavy atom. The lowest BCUT2D eigenvalue weighted by molar-refractivity contribution is 0.299. The normalized spacial score (nSPS) is 18.6. The summed E-state index contributed by atoms with van der Waals surface area (Å²) in [6.45, 7) is 5.34. The molecule has 2 rings (SSSR count). The minimum absolute atomic E-state index is 0.341. The monoisotopic (exact) mass is 216 g/mol. The smallest absolute Gasteiger partial charge is 0.0962 e. The van der Waals surface area contributed by atoms with Crippen LogP contribution in [0.15, 0.2) is 24.3 Å². The van der Waals surface area contributed by atoms with Crippen molar-refractivity contribution in [2.75, 3.05) is 6.54 Å². The Morgan fingerprint density at radius 3 is 2.50 bits per heavy atom. The van der Waals surface area contributed by atoms with Gasteiger partial charge >= 0.3 is 0 Å². The lowest BCUT2D eigenvalue weighted by Gasteiger charge is -2.35. The number of aryl methyl sites for hydroxylation is 1. The second kappa shape index (κ2) is 4.69. The average molecular weight is 216 g/mol. The molecule has 0 aromatic heterocycles. The Kier molecular flexibility index (Phi) is 3.28. The highest BCUT2D eigenvalue weighted by molar-refractivity contribution is 5.80. The largest absolute Gasteiger partial charge is 0.354 e. The Bertz CT molecular complexity index is 367. The van der Waals surface area contributed by atoms with Gasteiger partial charge in [-0.05, 0) is 32.3 Å². The SMILES string of the molecule is Cc1ccc(C(C)N2CCCCC2=N)cc1. The van der Waals surface area contributed by atoms with Crippen molar-refractivity contribution in [1.29, 1.82) is 5.41 Å². The second-order valence-electron chi connectivity index (χ2n) is 4.68. The molecule has 1 saturated heterocycles. The van der Waals surface area contributed by atoms with Gasteiger partial charge in [0.05, 0.1) is 11.9 Å². The number of hydrogen-bond donors (Lipinski definition) is 1. The first-order valence-electron chi connectivity index (χ1n) is 6.09. The summed E-state index contributed by atoms with van der Waals surface area (Å²) < 4.78 is 0. The first-order valence-corrected chi connectivity index (χ1v) is 6.09. The van der Waals surface area contributed by atoms with Crippen molar-refractivity contribution in [2.24, 2.45) is 0 Å². The molecule has 2 nitrogen and oxygen atoms in total. The summed E-state index contributed by atoms with van der Waals surface area (Å²) in [6, 6.07) is 9.01. The van der Waals surface area contributed by atoms with E-state index in [2.05, 4.69) is 43.0 Å². The first-order chi connectivity index (χ1) is 7.68. The molecule has 1 aliphatic rings. The Labute approximate surface area is 97.8 Å². The van der Waals surface area contributed by atoms with Gasteiger partial charge in [-0.15, -0.1) is 0 Å². The van der Waals surface area contributed by atoms with Crippen LogP contribution in [0.2, 0.25) is 0 Å². The third kappa shape index (κ3) is 2.26. The van der Waals surface area contributed by atoms with Gasteiger partial charge in [-0.1, -0.05) is 29.8 Å². The maximum atomic E-state index is 7.99.